The van der Waals surface area contributed by atoms with Gasteiger partial charge in [-0.3, -0.25) is 9.59 Å². The molecule has 2 aromatic rings. The van der Waals surface area contributed by atoms with Gasteiger partial charge in [-0.2, -0.15) is 0 Å². The van der Waals surface area contributed by atoms with Crippen LogP contribution in [0.15, 0.2) is 60.3 Å². The van der Waals surface area contributed by atoms with Gasteiger partial charge in [0.2, 0.25) is 5.91 Å². The largest absolute Gasteiger partial charge is 0.497 e. The highest BCUT2D eigenvalue weighted by Gasteiger charge is 2.34. The van der Waals surface area contributed by atoms with Gasteiger partial charge in [0.15, 0.2) is 0 Å². The number of nitrogens with zero attached hydrogens (tertiary/aromatic N) is 1. The first-order valence-electron chi connectivity index (χ1n) is 7.90. The minimum atomic E-state index is -0.627. The Hall–Kier alpha value is -3.61. The van der Waals surface area contributed by atoms with Crippen molar-refractivity contribution >= 4 is 29.6 Å². The van der Waals surface area contributed by atoms with Crippen molar-refractivity contribution in [3.63, 3.8) is 0 Å². The number of anilines is 1. The number of ether oxygens (including phenoxy) is 1. The molecule has 7 nitrogen and oxygen atoms in total. The number of carbonyl (C=O) groups excluding carboxylic acids is 3. The molecule has 0 spiro atoms. The number of urea groups is 1. The topological polar surface area (TPSA) is 87.7 Å². The van der Waals surface area contributed by atoms with Gasteiger partial charge in [0.05, 0.1) is 7.11 Å². The molecule has 1 aliphatic heterocycles. The van der Waals surface area contributed by atoms with Crippen molar-refractivity contribution in [3.05, 3.63) is 65.9 Å². The van der Waals surface area contributed by atoms with E-state index in [4.69, 9.17) is 4.74 Å². The van der Waals surface area contributed by atoms with E-state index in [0.717, 1.165) is 10.5 Å². The van der Waals surface area contributed by atoms with E-state index in [1.54, 1.807) is 61.7 Å². The molecular formula is C19H17N3O4. The summed E-state index contributed by atoms with van der Waals surface area (Å²) >= 11 is 0. The van der Waals surface area contributed by atoms with Gasteiger partial charge in [-0.25, -0.2) is 9.69 Å². The summed E-state index contributed by atoms with van der Waals surface area (Å²) in [5.74, 6) is -0.312. The van der Waals surface area contributed by atoms with Crippen LogP contribution in [-0.2, 0) is 9.59 Å². The lowest BCUT2D eigenvalue weighted by Crippen LogP contribution is -2.38. The number of rotatable bonds is 5. The fourth-order valence-electron chi connectivity index (χ4n) is 2.45. The molecule has 0 aromatic heterocycles. The third kappa shape index (κ3) is 3.89. The quantitative estimate of drug-likeness (QED) is 0.639. The maximum absolute atomic E-state index is 12.4. The molecule has 0 bridgehead atoms. The predicted octanol–water partition coefficient (Wildman–Crippen LogP) is 2.23. The van der Waals surface area contributed by atoms with Gasteiger partial charge in [-0.1, -0.05) is 30.3 Å². The van der Waals surface area contributed by atoms with Crippen LogP contribution in [0.1, 0.15) is 5.56 Å². The molecule has 4 amide bonds. The monoisotopic (exact) mass is 351 g/mol. The second-order valence-electron chi connectivity index (χ2n) is 5.57. The molecule has 7 heteroatoms. The lowest BCUT2D eigenvalue weighted by Gasteiger charge is -2.11. The summed E-state index contributed by atoms with van der Waals surface area (Å²) in [5, 5.41) is 5.13. The number of amides is 4. The van der Waals surface area contributed by atoms with Crippen molar-refractivity contribution < 1.29 is 19.1 Å². The Morgan fingerprint density at radius 1 is 1.12 bits per heavy atom. The summed E-state index contributed by atoms with van der Waals surface area (Å²) in [6.45, 7) is -0.362. The predicted molar refractivity (Wildman–Crippen MR) is 96.3 cm³/mol. The van der Waals surface area contributed by atoms with E-state index in [1.165, 1.54) is 0 Å². The Balaban J connectivity index is 1.68. The van der Waals surface area contributed by atoms with Gasteiger partial charge in [-0.05, 0) is 35.9 Å². The molecule has 1 saturated heterocycles. The van der Waals surface area contributed by atoms with Crippen LogP contribution in [0.25, 0.3) is 6.08 Å². The second-order valence-corrected chi connectivity index (χ2v) is 5.57. The van der Waals surface area contributed by atoms with Crippen molar-refractivity contribution in [1.29, 1.82) is 0 Å². The lowest BCUT2D eigenvalue weighted by atomic mass is 10.2. The minimum Gasteiger partial charge on any atom is -0.497 e. The maximum Gasteiger partial charge on any atom is 0.329 e. The van der Waals surface area contributed by atoms with E-state index in [9.17, 15) is 14.4 Å². The molecule has 0 unspecified atom stereocenters. The molecular weight excluding hydrogens is 334 g/mol. The van der Waals surface area contributed by atoms with Gasteiger partial charge < -0.3 is 15.4 Å². The Kier molecular flexibility index (Phi) is 4.98. The van der Waals surface area contributed by atoms with Gasteiger partial charge in [-0.15, -0.1) is 0 Å². The fourth-order valence-corrected chi connectivity index (χ4v) is 2.45. The number of methoxy groups -OCH3 is 1. The highest BCUT2D eigenvalue weighted by Crippen LogP contribution is 2.17. The molecule has 3 rings (SSSR count). The smallest absolute Gasteiger partial charge is 0.329 e. The third-order valence-corrected chi connectivity index (χ3v) is 3.75. The average Bonchev–Trinajstić information content (AvgIpc) is 2.90. The first-order valence-corrected chi connectivity index (χ1v) is 7.90. The molecule has 0 radical (unpaired) electrons. The summed E-state index contributed by atoms with van der Waals surface area (Å²) in [5.41, 5.74) is 1.44. The van der Waals surface area contributed by atoms with Crippen LogP contribution in [0.5, 0.6) is 5.75 Å². The fraction of sp³-hybridized carbons (Fsp3) is 0.105. The van der Waals surface area contributed by atoms with Crippen LogP contribution < -0.4 is 15.4 Å². The van der Waals surface area contributed by atoms with Crippen molar-refractivity contribution in [2.75, 3.05) is 19.0 Å². The zero-order valence-electron chi connectivity index (χ0n) is 14.1. The van der Waals surface area contributed by atoms with E-state index in [0.29, 0.717) is 11.4 Å². The van der Waals surface area contributed by atoms with Crippen LogP contribution in [0.4, 0.5) is 10.5 Å². The lowest BCUT2D eigenvalue weighted by molar-refractivity contribution is -0.127. The minimum absolute atomic E-state index is 0.118. The second kappa shape index (κ2) is 7.52. The van der Waals surface area contributed by atoms with Gasteiger partial charge >= 0.3 is 6.03 Å². The van der Waals surface area contributed by atoms with Crippen LogP contribution in [0, 0.1) is 0 Å². The van der Waals surface area contributed by atoms with Crippen molar-refractivity contribution in [2.24, 2.45) is 0 Å². The van der Waals surface area contributed by atoms with E-state index in [-0.39, 0.29) is 12.2 Å². The van der Waals surface area contributed by atoms with Crippen LogP contribution >= 0.6 is 0 Å². The maximum atomic E-state index is 12.4. The van der Waals surface area contributed by atoms with Gasteiger partial charge in [0, 0.05) is 5.69 Å². The van der Waals surface area contributed by atoms with Crippen LogP contribution in [0.2, 0.25) is 0 Å². The molecule has 2 N–H and O–H groups in total. The Bertz CT molecular complexity index is 860. The highest BCUT2D eigenvalue weighted by molar-refractivity contribution is 6.15. The van der Waals surface area contributed by atoms with E-state index in [2.05, 4.69) is 10.6 Å². The van der Waals surface area contributed by atoms with Crippen molar-refractivity contribution in [2.45, 2.75) is 0 Å². The summed E-state index contributed by atoms with van der Waals surface area (Å²) in [6.07, 6.45) is 1.55. The molecule has 1 fully saturated rings. The Morgan fingerprint density at radius 2 is 1.81 bits per heavy atom. The average molecular weight is 351 g/mol. The molecule has 0 aliphatic carbocycles. The molecule has 1 aliphatic rings. The first-order chi connectivity index (χ1) is 12.6. The summed E-state index contributed by atoms with van der Waals surface area (Å²) < 4.78 is 5.08. The number of benzene rings is 2. The van der Waals surface area contributed by atoms with E-state index < -0.39 is 17.8 Å². The van der Waals surface area contributed by atoms with Crippen molar-refractivity contribution in [1.82, 2.24) is 10.2 Å². The number of hydrogen-bond donors (Lipinski definition) is 2. The molecule has 2 aromatic carbocycles. The normalized spacial score (nSPS) is 15.1. The summed E-state index contributed by atoms with van der Waals surface area (Å²) in [4.78, 5) is 37.4. The SMILES string of the molecule is COc1ccc(/C=C2\NC(=O)N(CC(=O)Nc3ccccc3)C2=O)cc1. The Labute approximate surface area is 150 Å². The first kappa shape index (κ1) is 17.2. The number of imide groups is 1. The zero-order valence-corrected chi connectivity index (χ0v) is 14.1. The summed E-state index contributed by atoms with van der Waals surface area (Å²) in [7, 11) is 1.56. The number of nitrogens with one attached hydrogen (secondary N) is 2. The highest BCUT2D eigenvalue weighted by atomic mass is 16.5. The standard InChI is InChI=1S/C19H17N3O4/c1-26-15-9-7-13(8-10-15)11-16-18(24)22(19(25)21-16)12-17(23)20-14-5-3-2-4-6-14/h2-11H,12H2,1H3,(H,20,23)(H,21,25)/b16-11-. The third-order valence-electron chi connectivity index (χ3n) is 3.75. The van der Waals surface area contributed by atoms with E-state index >= 15 is 0 Å². The zero-order chi connectivity index (χ0) is 18.5. The Morgan fingerprint density at radius 3 is 2.46 bits per heavy atom. The van der Waals surface area contributed by atoms with Gasteiger partial charge in [0.1, 0.15) is 18.0 Å². The number of para-hydroxylation sites is 1. The molecule has 0 saturated carbocycles. The van der Waals surface area contributed by atoms with Crippen LogP contribution in [-0.4, -0.2) is 36.4 Å². The van der Waals surface area contributed by atoms with E-state index in [1.807, 2.05) is 6.07 Å². The molecule has 26 heavy (non-hydrogen) atoms. The molecule has 132 valence electrons. The van der Waals surface area contributed by atoms with Crippen molar-refractivity contribution in [3.8, 4) is 5.75 Å². The van der Waals surface area contributed by atoms with Crippen LogP contribution in [0.3, 0.4) is 0 Å². The molecule has 1 heterocycles. The summed E-state index contributed by atoms with van der Waals surface area (Å²) in [6, 6.07) is 15.2. The number of carbonyl (C=O) groups is 3. The number of hydrogen-bond acceptors (Lipinski definition) is 4. The molecule has 0 atom stereocenters. The van der Waals surface area contributed by atoms with Gasteiger partial charge in [0.25, 0.3) is 5.91 Å².